The van der Waals surface area contributed by atoms with Crippen LogP contribution in [0.3, 0.4) is 0 Å². The van der Waals surface area contributed by atoms with Crippen LogP contribution in [0, 0.1) is 0 Å². The Kier molecular flexibility index (Phi) is 8.09. The van der Waals surface area contributed by atoms with E-state index in [9.17, 15) is 4.79 Å². The van der Waals surface area contributed by atoms with E-state index >= 15 is 0 Å². The Morgan fingerprint density at radius 3 is 2.92 bits per heavy atom. The summed E-state index contributed by atoms with van der Waals surface area (Å²) in [5, 5.41) is 2.62. The number of carbonyl (C=O) groups is 1. The fraction of sp³-hybridized carbons (Fsp3) is 0.667. The minimum Gasteiger partial charge on any atom is -0.498 e. The number of unbranched alkanes of at least 4 members (excludes halogenated alkanes) is 1. The number of alkyl carbamates (subject to hydrolysis) is 1. The summed E-state index contributed by atoms with van der Waals surface area (Å²) in [5.74, 6) is 0. The zero-order valence-electron chi connectivity index (χ0n) is 8.04. The van der Waals surface area contributed by atoms with Gasteiger partial charge in [-0.15, -0.1) is 0 Å². The van der Waals surface area contributed by atoms with E-state index in [1.54, 1.807) is 0 Å². The van der Waals surface area contributed by atoms with Crippen LogP contribution in [0.2, 0.25) is 0 Å². The summed E-state index contributed by atoms with van der Waals surface area (Å²) in [6.07, 6.45) is 2.96. The highest BCUT2D eigenvalue weighted by Gasteiger charge is 1.98. The normalized spacial score (nSPS) is 9.00. The SMILES string of the molecule is C=COCCOC(=O)NCCCC. The van der Waals surface area contributed by atoms with Crippen LogP contribution < -0.4 is 5.32 Å². The lowest BCUT2D eigenvalue weighted by molar-refractivity contribution is 0.113. The molecule has 1 N–H and O–H groups in total. The van der Waals surface area contributed by atoms with Crippen LogP contribution in [-0.4, -0.2) is 25.9 Å². The van der Waals surface area contributed by atoms with Crippen LogP contribution in [0.25, 0.3) is 0 Å². The minimum absolute atomic E-state index is 0.254. The first-order valence-corrected chi connectivity index (χ1v) is 4.44. The Labute approximate surface area is 78.9 Å². The van der Waals surface area contributed by atoms with Crippen molar-refractivity contribution in [2.75, 3.05) is 19.8 Å². The van der Waals surface area contributed by atoms with Crippen LogP contribution >= 0.6 is 0 Å². The van der Waals surface area contributed by atoms with Gasteiger partial charge in [0, 0.05) is 6.54 Å². The van der Waals surface area contributed by atoms with Crippen LogP contribution in [0.15, 0.2) is 12.8 Å². The van der Waals surface area contributed by atoms with E-state index < -0.39 is 0 Å². The van der Waals surface area contributed by atoms with Gasteiger partial charge in [0.05, 0.1) is 6.26 Å². The Bertz CT molecular complexity index is 148. The number of carbonyl (C=O) groups excluding carboxylic acids is 1. The zero-order valence-corrected chi connectivity index (χ0v) is 8.04. The van der Waals surface area contributed by atoms with Crippen molar-refractivity contribution < 1.29 is 14.3 Å². The van der Waals surface area contributed by atoms with Crippen molar-refractivity contribution in [3.8, 4) is 0 Å². The zero-order chi connectivity index (χ0) is 9.94. The lowest BCUT2D eigenvalue weighted by Gasteiger charge is -2.05. The molecule has 0 fully saturated rings. The Morgan fingerprint density at radius 1 is 1.54 bits per heavy atom. The number of hydrogen-bond acceptors (Lipinski definition) is 3. The second kappa shape index (κ2) is 8.90. The number of ether oxygens (including phenoxy) is 2. The highest BCUT2D eigenvalue weighted by molar-refractivity contribution is 5.66. The van der Waals surface area contributed by atoms with E-state index in [1.165, 1.54) is 6.26 Å². The molecule has 4 heteroatoms. The molecular formula is C9H17NO3. The first kappa shape index (κ1) is 11.8. The molecule has 4 nitrogen and oxygen atoms in total. The highest BCUT2D eigenvalue weighted by Crippen LogP contribution is 1.84. The second-order valence-corrected chi connectivity index (χ2v) is 2.45. The molecule has 0 unspecified atom stereocenters. The molecule has 76 valence electrons. The van der Waals surface area contributed by atoms with Gasteiger partial charge in [-0.25, -0.2) is 4.79 Å². The van der Waals surface area contributed by atoms with Gasteiger partial charge in [0.15, 0.2) is 0 Å². The summed E-state index contributed by atoms with van der Waals surface area (Å²) >= 11 is 0. The van der Waals surface area contributed by atoms with Crippen molar-refractivity contribution >= 4 is 6.09 Å². The van der Waals surface area contributed by atoms with Crippen molar-refractivity contribution in [3.05, 3.63) is 12.8 Å². The van der Waals surface area contributed by atoms with E-state index in [1.807, 2.05) is 0 Å². The van der Waals surface area contributed by atoms with Gasteiger partial charge in [0.1, 0.15) is 13.2 Å². The molecule has 0 aromatic carbocycles. The Hall–Kier alpha value is -1.19. The fourth-order valence-electron chi connectivity index (χ4n) is 0.684. The van der Waals surface area contributed by atoms with Gasteiger partial charge < -0.3 is 14.8 Å². The molecule has 0 heterocycles. The van der Waals surface area contributed by atoms with Crippen molar-refractivity contribution in [1.29, 1.82) is 0 Å². The van der Waals surface area contributed by atoms with Crippen molar-refractivity contribution in [1.82, 2.24) is 5.32 Å². The van der Waals surface area contributed by atoms with Gasteiger partial charge in [0.2, 0.25) is 0 Å². The van der Waals surface area contributed by atoms with Gasteiger partial charge in [0.25, 0.3) is 0 Å². The lowest BCUT2D eigenvalue weighted by Crippen LogP contribution is -2.26. The molecule has 0 bridgehead atoms. The largest absolute Gasteiger partial charge is 0.498 e. The van der Waals surface area contributed by atoms with Gasteiger partial charge in [-0.1, -0.05) is 19.9 Å². The van der Waals surface area contributed by atoms with Gasteiger partial charge >= 0.3 is 6.09 Å². The molecule has 13 heavy (non-hydrogen) atoms. The van der Waals surface area contributed by atoms with Crippen LogP contribution in [0.1, 0.15) is 19.8 Å². The van der Waals surface area contributed by atoms with Crippen LogP contribution in [-0.2, 0) is 9.47 Å². The van der Waals surface area contributed by atoms with E-state index in [4.69, 9.17) is 9.47 Å². The average molecular weight is 187 g/mol. The number of hydrogen-bond donors (Lipinski definition) is 1. The number of nitrogens with one attached hydrogen (secondary N) is 1. The summed E-state index contributed by atoms with van der Waals surface area (Å²) in [4.78, 5) is 10.9. The maximum absolute atomic E-state index is 10.9. The predicted molar refractivity (Wildman–Crippen MR) is 50.4 cm³/mol. The molecule has 0 aromatic heterocycles. The summed E-state index contributed by atoms with van der Waals surface area (Å²) in [6, 6.07) is 0. The molecule has 1 amide bonds. The molecule has 0 aromatic rings. The smallest absolute Gasteiger partial charge is 0.407 e. The molecule has 0 saturated carbocycles. The average Bonchev–Trinajstić information content (AvgIpc) is 2.13. The molecule has 0 radical (unpaired) electrons. The van der Waals surface area contributed by atoms with E-state index in [0.29, 0.717) is 13.2 Å². The molecule has 0 saturated heterocycles. The molecule has 0 rings (SSSR count). The van der Waals surface area contributed by atoms with Crippen LogP contribution in [0.5, 0.6) is 0 Å². The minimum atomic E-state index is -0.388. The summed E-state index contributed by atoms with van der Waals surface area (Å²) in [7, 11) is 0. The maximum Gasteiger partial charge on any atom is 0.407 e. The van der Waals surface area contributed by atoms with Crippen LogP contribution in [0.4, 0.5) is 4.79 Å². The van der Waals surface area contributed by atoms with Crippen molar-refractivity contribution in [2.45, 2.75) is 19.8 Å². The summed E-state index contributed by atoms with van der Waals surface area (Å²) in [6.45, 7) is 6.69. The molecular weight excluding hydrogens is 170 g/mol. The molecule has 0 spiro atoms. The van der Waals surface area contributed by atoms with E-state index in [-0.39, 0.29) is 12.7 Å². The quantitative estimate of drug-likeness (QED) is 0.487. The highest BCUT2D eigenvalue weighted by atomic mass is 16.6. The van der Waals surface area contributed by atoms with E-state index in [2.05, 4.69) is 18.8 Å². The van der Waals surface area contributed by atoms with Crippen molar-refractivity contribution in [2.24, 2.45) is 0 Å². The molecule has 0 atom stereocenters. The third-order valence-corrected chi connectivity index (χ3v) is 1.35. The number of rotatable bonds is 7. The maximum atomic E-state index is 10.9. The Morgan fingerprint density at radius 2 is 2.31 bits per heavy atom. The topological polar surface area (TPSA) is 47.6 Å². The lowest BCUT2D eigenvalue weighted by atomic mass is 10.3. The molecule has 0 aliphatic carbocycles. The first-order chi connectivity index (χ1) is 6.31. The van der Waals surface area contributed by atoms with Gasteiger partial charge in [-0.2, -0.15) is 0 Å². The second-order valence-electron chi connectivity index (χ2n) is 2.45. The van der Waals surface area contributed by atoms with Gasteiger partial charge in [-0.3, -0.25) is 0 Å². The Balaban J connectivity index is 3.15. The summed E-state index contributed by atoms with van der Waals surface area (Å²) in [5.41, 5.74) is 0. The summed E-state index contributed by atoms with van der Waals surface area (Å²) < 4.78 is 9.54. The number of amides is 1. The predicted octanol–water partition coefficient (Wildman–Crippen LogP) is 1.67. The first-order valence-electron chi connectivity index (χ1n) is 4.44. The monoisotopic (exact) mass is 187 g/mol. The molecule has 0 aliphatic heterocycles. The third kappa shape index (κ3) is 8.72. The third-order valence-electron chi connectivity index (χ3n) is 1.35. The molecule has 0 aliphatic rings. The van der Waals surface area contributed by atoms with Gasteiger partial charge in [-0.05, 0) is 6.42 Å². The van der Waals surface area contributed by atoms with E-state index in [0.717, 1.165) is 12.8 Å². The fourth-order valence-corrected chi connectivity index (χ4v) is 0.684. The standard InChI is InChI=1S/C9H17NO3/c1-3-5-6-10-9(11)13-8-7-12-4-2/h4H,2-3,5-8H2,1H3,(H,10,11). The van der Waals surface area contributed by atoms with Crippen molar-refractivity contribution in [3.63, 3.8) is 0 Å².